The fourth-order valence-electron chi connectivity index (χ4n) is 1.81. The lowest BCUT2D eigenvalue weighted by Gasteiger charge is -2.11. The third-order valence-electron chi connectivity index (χ3n) is 2.89. The summed E-state index contributed by atoms with van der Waals surface area (Å²) in [7, 11) is 0. The van der Waals surface area contributed by atoms with Gasteiger partial charge in [0.2, 0.25) is 0 Å². The number of benzene rings is 1. The molecule has 1 N–H and O–H groups in total. The highest BCUT2D eigenvalue weighted by Gasteiger charge is 2.17. The molecular weight excluding hydrogens is 244 g/mol. The molecule has 0 fully saturated rings. The Bertz CT molecular complexity index is 338. The second-order valence-corrected chi connectivity index (χ2v) is 5.66. The minimum Gasteiger partial charge on any atom is -0.480 e. The van der Waals surface area contributed by atoms with Gasteiger partial charge in [0.1, 0.15) is 5.25 Å². The smallest absolute Gasteiger partial charge is 0.316 e. The molecule has 0 aliphatic heterocycles. The van der Waals surface area contributed by atoms with Crippen molar-refractivity contribution in [3.8, 4) is 0 Å². The molecule has 2 nitrogen and oxygen atoms in total. The molecule has 1 aromatic carbocycles. The van der Waals surface area contributed by atoms with E-state index in [9.17, 15) is 9.90 Å². The van der Waals surface area contributed by atoms with Crippen LogP contribution in [0.3, 0.4) is 0 Å². The molecule has 18 heavy (non-hydrogen) atoms. The molecule has 0 radical (unpaired) electrons. The third-order valence-corrected chi connectivity index (χ3v) is 4.23. The molecule has 1 aromatic rings. The number of aliphatic carboxylic acids is 1. The average Bonchev–Trinajstić information content (AvgIpc) is 2.38. The number of hydrogen-bond acceptors (Lipinski definition) is 2. The zero-order chi connectivity index (χ0) is 13.2. The SMILES string of the molecule is CCCCCC[C@H](SCc1ccccc1)C(=O)O. The van der Waals surface area contributed by atoms with Gasteiger partial charge in [0.25, 0.3) is 0 Å². The summed E-state index contributed by atoms with van der Waals surface area (Å²) < 4.78 is 0. The summed E-state index contributed by atoms with van der Waals surface area (Å²) in [5, 5.41) is 8.92. The number of rotatable bonds is 9. The molecule has 1 rings (SSSR count). The maximum absolute atomic E-state index is 11.2. The first-order valence-electron chi connectivity index (χ1n) is 6.62. The van der Waals surface area contributed by atoms with Crippen molar-refractivity contribution in [1.82, 2.24) is 0 Å². The molecular formula is C15H22O2S. The highest BCUT2D eigenvalue weighted by molar-refractivity contribution is 7.99. The van der Waals surface area contributed by atoms with Crippen LogP contribution in [0.1, 0.15) is 44.6 Å². The fraction of sp³-hybridized carbons (Fsp3) is 0.533. The molecule has 0 saturated carbocycles. The van der Waals surface area contributed by atoms with Crippen molar-refractivity contribution in [2.75, 3.05) is 0 Å². The molecule has 0 saturated heterocycles. The van der Waals surface area contributed by atoms with Crippen molar-refractivity contribution in [3.63, 3.8) is 0 Å². The summed E-state index contributed by atoms with van der Waals surface area (Å²) >= 11 is 1.54. The molecule has 0 amide bonds. The number of carboxylic acids is 1. The van der Waals surface area contributed by atoms with E-state index in [0.29, 0.717) is 0 Å². The lowest BCUT2D eigenvalue weighted by atomic mass is 10.1. The van der Waals surface area contributed by atoms with Crippen molar-refractivity contribution in [2.24, 2.45) is 0 Å². The summed E-state index contributed by atoms with van der Waals surface area (Å²) in [4.78, 5) is 11.2. The monoisotopic (exact) mass is 266 g/mol. The molecule has 100 valence electrons. The fourth-order valence-corrected chi connectivity index (χ4v) is 2.87. The lowest BCUT2D eigenvalue weighted by molar-refractivity contribution is -0.136. The first kappa shape index (κ1) is 15.1. The van der Waals surface area contributed by atoms with Gasteiger partial charge in [-0.1, -0.05) is 62.9 Å². The Kier molecular flexibility index (Phi) is 7.58. The van der Waals surface area contributed by atoms with Crippen LogP contribution >= 0.6 is 11.8 Å². The van der Waals surface area contributed by atoms with Crippen molar-refractivity contribution in [3.05, 3.63) is 35.9 Å². The average molecular weight is 266 g/mol. The number of thioether (sulfide) groups is 1. The zero-order valence-corrected chi connectivity index (χ0v) is 11.8. The van der Waals surface area contributed by atoms with Gasteiger partial charge in [0.15, 0.2) is 0 Å². The highest BCUT2D eigenvalue weighted by atomic mass is 32.2. The van der Waals surface area contributed by atoms with E-state index in [-0.39, 0.29) is 5.25 Å². The van der Waals surface area contributed by atoms with Crippen LogP contribution in [0.2, 0.25) is 0 Å². The van der Waals surface area contributed by atoms with Gasteiger partial charge in [-0.05, 0) is 12.0 Å². The van der Waals surface area contributed by atoms with Crippen LogP contribution in [0, 0.1) is 0 Å². The van der Waals surface area contributed by atoms with Gasteiger partial charge in [-0.2, -0.15) is 0 Å². The van der Waals surface area contributed by atoms with Crippen LogP contribution in [0.15, 0.2) is 30.3 Å². The number of hydrogen-bond donors (Lipinski definition) is 1. The van der Waals surface area contributed by atoms with E-state index in [1.807, 2.05) is 30.3 Å². The van der Waals surface area contributed by atoms with Gasteiger partial charge in [-0.3, -0.25) is 4.79 Å². The van der Waals surface area contributed by atoms with E-state index in [1.54, 1.807) is 11.8 Å². The summed E-state index contributed by atoms with van der Waals surface area (Å²) in [6.45, 7) is 2.17. The van der Waals surface area contributed by atoms with Gasteiger partial charge < -0.3 is 5.11 Å². The molecule has 0 aliphatic rings. The molecule has 1 atom stereocenters. The molecule has 0 aromatic heterocycles. The second kappa shape index (κ2) is 9.03. The molecule has 0 spiro atoms. The number of carbonyl (C=O) groups is 1. The maximum Gasteiger partial charge on any atom is 0.316 e. The molecule has 0 heterocycles. The summed E-state index contributed by atoms with van der Waals surface area (Å²) in [6.07, 6.45) is 5.34. The van der Waals surface area contributed by atoms with Crippen molar-refractivity contribution in [1.29, 1.82) is 0 Å². The van der Waals surface area contributed by atoms with E-state index < -0.39 is 5.97 Å². The molecule has 3 heteroatoms. The van der Waals surface area contributed by atoms with E-state index in [2.05, 4.69) is 6.92 Å². The Labute approximate surface area is 114 Å². The van der Waals surface area contributed by atoms with E-state index >= 15 is 0 Å². The lowest BCUT2D eigenvalue weighted by Crippen LogP contribution is -2.16. The number of unbranched alkanes of at least 4 members (excludes halogenated alkanes) is 3. The third kappa shape index (κ3) is 6.10. The quantitative estimate of drug-likeness (QED) is 0.675. The maximum atomic E-state index is 11.2. The van der Waals surface area contributed by atoms with Crippen LogP contribution in [0.5, 0.6) is 0 Å². The van der Waals surface area contributed by atoms with Crippen LogP contribution in [-0.2, 0) is 10.5 Å². The van der Waals surface area contributed by atoms with Gasteiger partial charge in [0, 0.05) is 5.75 Å². The second-order valence-electron chi connectivity index (χ2n) is 4.47. The normalized spacial score (nSPS) is 12.3. The van der Waals surface area contributed by atoms with Gasteiger partial charge in [-0.25, -0.2) is 0 Å². The van der Waals surface area contributed by atoms with Crippen LogP contribution in [0.25, 0.3) is 0 Å². The summed E-state index contributed by atoms with van der Waals surface area (Å²) in [5.41, 5.74) is 1.20. The van der Waals surface area contributed by atoms with Crippen LogP contribution in [0.4, 0.5) is 0 Å². The minimum atomic E-state index is -0.674. The van der Waals surface area contributed by atoms with E-state index in [4.69, 9.17) is 0 Å². The Hall–Kier alpha value is -0.960. The zero-order valence-electron chi connectivity index (χ0n) is 11.0. The van der Waals surface area contributed by atoms with Gasteiger partial charge in [-0.15, -0.1) is 11.8 Å². The Morgan fingerprint density at radius 1 is 1.22 bits per heavy atom. The van der Waals surface area contributed by atoms with Gasteiger partial charge >= 0.3 is 5.97 Å². The molecule has 0 unspecified atom stereocenters. The number of carboxylic acid groups (broad SMARTS) is 1. The van der Waals surface area contributed by atoms with Crippen molar-refractivity contribution >= 4 is 17.7 Å². The Morgan fingerprint density at radius 2 is 1.94 bits per heavy atom. The van der Waals surface area contributed by atoms with Gasteiger partial charge in [0.05, 0.1) is 0 Å². The minimum absolute atomic E-state index is 0.262. The van der Waals surface area contributed by atoms with E-state index in [1.165, 1.54) is 18.4 Å². The largest absolute Gasteiger partial charge is 0.480 e. The van der Waals surface area contributed by atoms with Crippen molar-refractivity contribution < 1.29 is 9.90 Å². The Balaban J connectivity index is 2.32. The molecule has 0 bridgehead atoms. The van der Waals surface area contributed by atoms with Crippen LogP contribution in [-0.4, -0.2) is 16.3 Å². The summed E-state index contributed by atoms with van der Waals surface area (Å²) in [5.74, 6) is 0.110. The first-order chi connectivity index (χ1) is 8.74. The highest BCUT2D eigenvalue weighted by Crippen LogP contribution is 2.22. The predicted molar refractivity (Wildman–Crippen MR) is 77.9 cm³/mol. The Morgan fingerprint density at radius 3 is 2.56 bits per heavy atom. The predicted octanol–water partition coefficient (Wildman–Crippen LogP) is 4.34. The van der Waals surface area contributed by atoms with E-state index in [0.717, 1.165) is 25.0 Å². The molecule has 0 aliphatic carbocycles. The standard InChI is InChI=1S/C15H22O2S/c1-2-3-4-8-11-14(15(16)17)18-12-13-9-6-5-7-10-13/h5-7,9-10,14H,2-4,8,11-12H2,1H3,(H,16,17)/t14-/m0/s1. The van der Waals surface area contributed by atoms with Crippen molar-refractivity contribution in [2.45, 2.75) is 50.0 Å². The van der Waals surface area contributed by atoms with Crippen LogP contribution < -0.4 is 0 Å². The first-order valence-corrected chi connectivity index (χ1v) is 7.67. The summed E-state index contributed by atoms with van der Waals surface area (Å²) in [6, 6.07) is 10.1. The topological polar surface area (TPSA) is 37.3 Å².